The van der Waals surface area contributed by atoms with Crippen molar-refractivity contribution in [2.24, 2.45) is 0 Å². The average Bonchev–Trinajstić information content (AvgIpc) is 2.37. The van der Waals surface area contributed by atoms with E-state index in [2.05, 4.69) is 0 Å². The Balaban J connectivity index is 0. The van der Waals surface area contributed by atoms with Gasteiger partial charge in [-0.25, -0.2) is 0 Å². The Morgan fingerprint density at radius 2 is 1.84 bits per heavy atom. The number of nitrogens with two attached hydrogens (primary N) is 1. The van der Waals surface area contributed by atoms with Gasteiger partial charge in [-0.1, -0.05) is 25.4 Å². The van der Waals surface area contributed by atoms with Gasteiger partial charge in [-0.2, -0.15) is 0 Å². The molecule has 1 aromatic rings. The molecule has 0 bridgehead atoms. The van der Waals surface area contributed by atoms with Crippen LogP contribution in [0.3, 0.4) is 0 Å². The van der Waals surface area contributed by atoms with Crippen LogP contribution >= 0.6 is 11.6 Å². The monoisotopic (exact) mass is 284 g/mol. The Bertz CT molecular complexity index is 415. The van der Waals surface area contributed by atoms with Crippen LogP contribution in [0.1, 0.15) is 37.5 Å². The van der Waals surface area contributed by atoms with Crippen molar-refractivity contribution in [3.05, 3.63) is 40.4 Å². The lowest BCUT2D eigenvalue weighted by Crippen LogP contribution is -1.99. The van der Waals surface area contributed by atoms with Gasteiger partial charge in [0.15, 0.2) is 0 Å². The smallest absolute Gasteiger partial charge is 0.0623 e. The number of nitrogens with one attached hydrogen (secondary N) is 1. The van der Waals surface area contributed by atoms with E-state index < -0.39 is 0 Å². The number of aliphatic hydroxyl groups excluding tert-OH is 1. The summed E-state index contributed by atoms with van der Waals surface area (Å²) in [5, 5.41) is 15.4. The van der Waals surface area contributed by atoms with Crippen LogP contribution in [0, 0.1) is 19.3 Å². The number of benzene rings is 1. The van der Waals surface area contributed by atoms with E-state index in [1.54, 1.807) is 6.92 Å². The maximum Gasteiger partial charge on any atom is 0.0623 e. The predicted molar refractivity (Wildman–Crippen MR) is 86.3 cm³/mol. The third kappa shape index (κ3) is 8.41. The maximum absolute atomic E-state index is 7.90. The van der Waals surface area contributed by atoms with Crippen LogP contribution in [0.15, 0.2) is 23.7 Å². The number of hydrogen-bond acceptors (Lipinski definition) is 3. The van der Waals surface area contributed by atoms with Crippen molar-refractivity contribution >= 4 is 23.0 Å². The minimum atomic E-state index is 0.0312. The third-order valence-electron chi connectivity index (χ3n) is 2.21. The second-order valence-electron chi connectivity index (χ2n) is 3.69. The van der Waals surface area contributed by atoms with Gasteiger partial charge in [0.25, 0.3) is 0 Å². The summed E-state index contributed by atoms with van der Waals surface area (Å²) < 4.78 is 0. The summed E-state index contributed by atoms with van der Waals surface area (Å²) in [6.07, 6.45) is 1.45. The maximum atomic E-state index is 7.90. The number of aliphatic hydroxyl groups is 1. The zero-order valence-electron chi connectivity index (χ0n) is 12.4. The first kappa shape index (κ1) is 20.0. The molecule has 0 radical (unpaired) electrons. The van der Waals surface area contributed by atoms with Gasteiger partial charge in [-0.15, -0.1) is 0 Å². The van der Waals surface area contributed by atoms with E-state index >= 15 is 0 Å². The number of rotatable bonds is 2. The van der Waals surface area contributed by atoms with E-state index in [1.165, 1.54) is 11.6 Å². The van der Waals surface area contributed by atoms with Gasteiger partial charge in [0.1, 0.15) is 0 Å². The highest BCUT2D eigenvalue weighted by atomic mass is 35.5. The summed E-state index contributed by atoms with van der Waals surface area (Å²) in [7, 11) is 0. The molecule has 0 aliphatic heterocycles. The summed E-state index contributed by atoms with van der Waals surface area (Å²) in [5.41, 5.74) is 11.5. The van der Waals surface area contributed by atoms with Crippen molar-refractivity contribution in [3.63, 3.8) is 0 Å². The highest BCUT2D eigenvalue weighted by molar-refractivity contribution is 6.25. The van der Waals surface area contributed by atoms with Gasteiger partial charge in [0.05, 0.1) is 6.61 Å². The van der Waals surface area contributed by atoms with Crippen LogP contribution in [0.5, 0.6) is 0 Å². The number of halogens is 1. The van der Waals surface area contributed by atoms with Crippen LogP contribution in [0.25, 0.3) is 0 Å². The van der Waals surface area contributed by atoms with Crippen LogP contribution < -0.4 is 5.73 Å². The lowest BCUT2D eigenvalue weighted by Gasteiger charge is -2.07. The van der Waals surface area contributed by atoms with Crippen molar-refractivity contribution in [1.82, 2.24) is 0 Å². The van der Waals surface area contributed by atoms with Gasteiger partial charge in [0, 0.05) is 16.9 Å². The lowest BCUT2D eigenvalue weighted by molar-refractivity contribution is 0.343. The van der Waals surface area contributed by atoms with Gasteiger partial charge < -0.3 is 16.2 Å². The molecule has 0 aromatic heterocycles. The Kier molecular flexibility index (Phi) is 12.4. The Morgan fingerprint density at radius 1 is 1.32 bits per heavy atom. The van der Waals surface area contributed by atoms with E-state index in [9.17, 15) is 0 Å². The largest absolute Gasteiger partial charge is 0.399 e. The van der Waals surface area contributed by atoms with Crippen LogP contribution in [-0.2, 0) is 0 Å². The summed E-state index contributed by atoms with van der Waals surface area (Å²) >= 11 is 4.96. The zero-order chi connectivity index (χ0) is 15.4. The fraction of sp³-hybridized carbons (Fsp3) is 0.400. The Hall–Kier alpha value is -1.32. The van der Waals surface area contributed by atoms with Crippen LogP contribution in [-0.4, -0.2) is 17.4 Å². The number of aryl methyl sites for hydroxylation is 2. The fourth-order valence-electron chi connectivity index (χ4n) is 1.28. The van der Waals surface area contributed by atoms with Gasteiger partial charge in [-0.3, -0.25) is 0 Å². The molecule has 3 nitrogen and oxygen atoms in total. The van der Waals surface area contributed by atoms with Crippen molar-refractivity contribution in [2.75, 3.05) is 12.3 Å². The minimum absolute atomic E-state index is 0.0312. The molecule has 1 rings (SSSR count). The molecule has 4 heteroatoms. The van der Waals surface area contributed by atoms with Gasteiger partial charge in [0.2, 0.25) is 0 Å². The van der Waals surface area contributed by atoms with Crippen molar-refractivity contribution < 1.29 is 5.11 Å². The fourth-order valence-corrected chi connectivity index (χ4v) is 1.36. The second-order valence-corrected chi connectivity index (χ2v) is 3.94. The average molecular weight is 285 g/mol. The number of nitrogen functional groups attached to an aromatic ring is 1. The molecule has 0 heterocycles. The zero-order valence-corrected chi connectivity index (χ0v) is 13.2. The third-order valence-corrected chi connectivity index (χ3v) is 2.39. The molecule has 0 aliphatic carbocycles. The molecule has 0 spiro atoms. The van der Waals surface area contributed by atoms with Crippen molar-refractivity contribution in [3.8, 4) is 0 Å². The van der Waals surface area contributed by atoms with E-state index in [0.29, 0.717) is 5.71 Å². The first-order chi connectivity index (χ1) is 8.93. The molecule has 0 aliphatic rings. The summed E-state index contributed by atoms with van der Waals surface area (Å²) in [4.78, 5) is 0. The molecule has 0 atom stereocenters. The van der Waals surface area contributed by atoms with Gasteiger partial charge in [-0.05, 0) is 55.7 Å². The van der Waals surface area contributed by atoms with Crippen LogP contribution in [0.2, 0.25) is 0 Å². The summed E-state index contributed by atoms with van der Waals surface area (Å²) in [5.74, 6) is 0. The standard InChI is InChI=1S/C10H14N2.C3H5ClO.C2H6/c1-6-5-10(12)7(2)4-9(6)8(3)11;4-2-1-3-5;1-2/h4-5,11H,12H2,1-3H3;1-2,5H,3H2;1-2H3/b;2-1-;. The molecule has 4 N–H and O–H groups in total. The molecule has 0 saturated heterocycles. The first-order valence-corrected chi connectivity index (χ1v) is 6.66. The lowest BCUT2D eigenvalue weighted by atomic mass is 10.0. The van der Waals surface area contributed by atoms with E-state index in [1.807, 2.05) is 39.8 Å². The molecule has 0 fully saturated rings. The normalized spacial score (nSPS) is 9.21. The summed E-state index contributed by atoms with van der Waals surface area (Å²) in [6.45, 7) is 9.76. The van der Waals surface area contributed by atoms with E-state index in [4.69, 9.17) is 27.9 Å². The summed E-state index contributed by atoms with van der Waals surface area (Å²) in [6, 6.07) is 3.88. The van der Waals surface area contributed by atoms with Crippen LogP contribution in [0.4, 0.5) is 5.69 Å². The molecule has 0 unspecified atom stereocenters. The molecule has 0 saturated carbocycles. The number of anilines is 1. The van der Waals surface area contributed by atoms with Gasteiger partial charge >= 0.3 is 0 Å². The highest BCUT2D eigenvalue weighted by Crippen LogP contribution is 2.17. The second kappa shape index (κ2) is 11.8. The quantitative estimate of drug-likeness (QED) is 0.567. The topological polar surface area (TPSA) is 70.1 Å². The molecule has 1 aromatic carbocycles. The number of hydrogen-bond donors (Lipinski definition) is 3. The van der Waals surface area contributed by atoms with E-state index in [-0.39, 0.29) is 6.61 Å². The molecule has 19 heavy (non-hydrogen) atoms. The Morgan fingerprint density at radius 3 is 2.16 bits per heavy atom. The van der Waals surface area contributed by atoms with Crippen molar-refractivity contribution in [2.45, 2.75) is 34.6 Å². The first-order valence-electron chi connectivity index (χ1n) is 6.22. The van der Waals surface area contributed by atoms with Crippen molar-refractivity contribution in [1.29, 1.82) is 5.41 Å². The van der Waals surface area contributed by atoms with E-state index in [0.717, 1.165) is 22.4 Å². The minimum Gasteiger partial charge on any atom is -0.399 e. The molecule has 108 valence electrons. The molecular formula is C15H25ClN2O. The Labute approximate surface area is 121 Å². The molecule has 0 amide bonds. The SMILES string of the molecule is CC.CC(=N)c1cc(C)c(N)cc1C.OC/C=C\Cl. The predicted octanol–water partition coefficient (Wildman–Crippen LogP) is 4.03. The molecular weight excluding hydrogens is 260 g/mol. The highest BCUT2D eigenvalue weighted by Gasteiger charge is 2.02.